The molecule has 1 fully saturated rings. The fourth-order valence-electron chi connectivity index (χ4n) is 6.73. The van der Waals surface area contributed by atoms with Crippen molar-refractivity contribution in [2.24, 2.45) is 0 Å². The molecule has 1 aliphatic rings. The molecule has 0 radical (unpaired) electrons. The monoisotopic (exact) mass is 732 g/mol. The van der Waals surface area contributed by atoms with E-state index < -0.39 is 68.1 Å². The second-order valence-corrected chi connectivity index (χ2v) is 14.9. The Kier molecular flexibility index (Phi) is 29.3. The Hall–Kier alpha value is -1.18. The first-order valence-corrected chi connectivity index (χ1v) is 20.7. The molecule has 0 saturated carbocycles. The summed E-state index contributed by atoms with van der Waals surface area (Å²) in [6.45, 7) is 3.43. The van der Waals surface area contributed by atoms with Crippen molar-refractivity contribution in [1.29, 1.82) is 0 Å². The number of hydrogen-bond acceptors (Lipinski definition) is 10. The Morgan fingerprint density at radius 2 is 1.10 bits per heavy atom. The minimum atomic E-state index is -1.65. The molecule has 0 bridgehead atoms. The number of aliphatic hydroxyl groups excluding tert-OH is 6. The molecule has 0 aromatic carbocycles. The summed E-state index contributed by atoms with van der Waals surface area (Å²) in [6, 6.07) is -1.10. The summed E-state index contributed by atoms with van der Waals surface area (Å²) in [6.07, 6.45) is 16.5. The minimum Gasteiger partial charge on any atom is -0.394 e. The highest BCUT2D eigenvalue weighted by molar-refractivity contribution is 5.85. The van der Waals surface area contributed by atoms with Gasteiger partial charge in [-0.2, -0.15) is 0 Å². The fourth-order valence-corrected chi connectivity index (χ4v) is 6.73. The summed E-state index contributed by atoms with van der Waals surface area (Å²) in [5.41, 5.74) is 0. The molecular weight excluding hydrogens is 654 g/mol. The van der Waals surface area contributed by atoms with Gasteiger partial charge in [0.25, 0.3) is 0 Å². The Balaban J connectivity index is 2.52. The van der Waals surface area contributed by atoms with Crippen LogP contribution in [-0.4, -0.2) is 104 Å². The zero-order valence-corrected chi connectivity index (χ0v) is 32.2. The first-order chi connectivity index (χ1) is 24.7. The molecule has 11 nitrogen and oxygen atoms in total. The molecule has 11 heteroatoms. The van der Waals surface area contributed by atoms with E-state index in [0.717, 1.165) is 38.5 Å². The number of Topliss-reactive ketones (excluding diaryl/α,β-unsaturated/α-hetero) is 1. The molecule has 2 unspecified atom stereocenters. The van der Waals surface area contributed by atoms with Crippen LogP contribution in [0, 0.1) is 0 Å². The number of unbranched alkanes of at least 4 members (excludes halogenated alkanes) is 20. The van der Waals surface area contributed by atoms with E-state index in [0.29, 0.717) is 19.3 Å². The number of ketones is 1. The van der Waals surface area contributed by atoms with Crippen molar-refractivity contribution in [1.82, 2.24) is 5.32 Å². The molecule has 302 valence electrons. The van der Waals surface area contributed by atoms with Gasteiger partial charge in [-0.25, -0.2) is 0 Å². The Morgan fingerprint density at radius 1 is 0.627 bits per heavy atom. The van der Waals surface area contributed by atoms with E-state index >= 15 is 0 Å². The van der Waals surface area contributed by atoms with Crippen LogP contribution in [-0.2, 0) is 19.1 Å². The summed E-state index contributed by atoms with van der Waals surface area (Å²) in [4.78, 5) is 25.4. The molecular formula is C40H77NO10. The van der Waals surface area contributed by atoms with Crippen molar-refractivity contribution in [3.63, 3.8) is 0 Å². The van der Waals surface area contributed by atoms with Crippen LogP contribution in [0.5, 0.6) is 0 Å². The second kappa shape index (κ2) is 31.2. The van der Waals surface area contributed by atoms with Gasteiger partial charge in [0, 0.05) is 19.3 Å². The maximum Gasteiger partial charge on any atom is 0.220 e. The highest BCUT2D eigenvalue weighted by Gasteiger charge is 2.44. The van der Waals surface area contributed by atoms with Gasteiger partial charge < -0.3 is 45.4 Å². The number of hydrogen-bond donors (Lipinski definition) is 7. The summed E-state index contributed by atoms with van der Waals surface area (Å²) < 4.78 is 11.0. The predicted octanol–water partition coefficient (Wildman–Crippen LogP) is 5.76. The molecule has 0 spiro atoms. The molecule has 0 aromatic rings. The Bertz CT molecular complexity index is 846. The smallest absolute Gasteiger partial charge is 0.220 e. The van der Waals surface area contributed by atoms with Crippen LogP contribution < -0.4 is 5.32 Å². The van der Waals surface area contributed by atoms with Crippen LogP contribution in [0.1, 0.15) is 181 Å². The molecule has 7 N–H and O–H groups in total. The van der Waals surface area contributed by atoms with Crippen LogP contribution in [0.3, 0.4) is 0 Å². The SMILES string of the molecule is CCCCCCCCCCCCCC[C@@H](O)[C@@H](O)[C@H](CO[C@H]1OC(CO)[C@H](O)[C@H](O)C1O)NC(=O)CCC(=O)CCCCCCCCCCCC. The summed E-state index contributed by atoms with van der Waals surface area (Å²) in [7, 11) is 0. The molecule has 1 aliphatic heterocycles. The summed E-state index contributed by atoms with van der Waals surface area (Å²) >= 11 is 0. The number of carbonyl (C=O) groups is 2. The number of ether oxygens (including phenoxy) is 2. The first-order valence-electron chi connectivity index (χ1n) is 20.7. The maximum absolute atomic E-state index is 12.9. The van der Waals surface area contributed by atoms with Crippen molar-refractivity contribution in [3.8, 4) is 0 Å². The molecule has 0 aromatic heterocycles. The topological polar surface area (TPSA) is 186 Å². The van der Waals surface area contributed by atoms with Gasteiger partial charge in [-0.1, -0.05) is 149 Å². The maximum atomic E-state index is 12.9. The van der Waals surface area contributed by atoms with E-state index in [4.69, 9.17) is 9.47 Å². The van der Waals surface area contributed by atoms with Crippen molar-refractivity contribution in [3.05, 3.63) is 0 Å². The van der Waals surface area contributed by atoms with Crippen LogP contribution in [0.15, 0.2) is 0 Å². The largest absolute Gasteiger partial charge is 0.394 e. The third kappa shape index (κ3) is 22.6. The van der Waals surface area contributed by atoms with Gasteiger partial charge in [-0.05, 0) is 12.8 Å². The van der Waals surface area contributed by atoms with E-state index in [1.165, 1.54) is 96.3 Å². The lowest BCUT2D eigenvalue weighted by molar-refractivity contribution is -0.303. The highest BCUT2D eigenvalue weighted by Crippen LogP contribution is 2.23. The van der Waals surface area contributed by atoms with Gasteiger partial charge in [0.05, 0.1) is 25.4 Å². The van der Waals surface area contributed by atoms with Gasteiger partial charge >= 0.3 is 0 Å². The average molecular weight is 732 g/mol. The third-order valence-corrected chi connectivity index (χ3v) is 10.2. The molecule has 0 aliphatic carbocycles. The normalized spacial score (nSPS) is 22.5. The van der Waals surface area contributed by atoms with Crippen LogP contribution in [0.25, 0.3) is 0 Å². The van der Waals surface area contributed by atoms with E-state index in [9.17, 15) is 40.2 Å². The zero-order valence-electron chi connectivity index (χ0n) is 32.2. The fraction of sp³-hybridized carbons (Fsp3) is 0.950. The van der Waals surface area contributed by atoms with Crippen LogP contribution >= 0.6 is 0 Å². The van der Waals surface area contributed by atoms with Gasteiger partial charge in [0.15, 0.2) is 6.29 Å². The van der Waals surface area contributed by atoms with Crippen LogP contribution in [0.2, 0.25) is 0 Å². The third-order valence-electron chi connectivity index (χ3n) is 10.2. The van der Waals surface area contributed by atoms with Crippen molar-refractivity contribution in [2.75, 3.05) is 13.2 Å². The standard InChI is InChI=1S/C40H77NO10/c1-3-5-7-9-11-13-15-16-18-20-22-24-26-33(44)36(46)32(30-50-40-39(49)38(48)37(47)34(29-42)51-40)41-35(45)28-27-31(43)25-23-21-19-17-14-12-10-8-6-4-2/h32-34,36-40,42,44,46-49H,3-30H2,1-2H3,(H,41,45)/t32-,33+,34?,36-,37-,38-,39?,40-/m0/s1. The molecule has 1 saturated heterocycles. The molecule has 1 amide bonds. The highest BCUT2D eigenvalue weighted by atomic mass is 16.7. The summed E-state index contributed by atoms with van der Waals surface area (Å²) in [5.74, 6) is -0.475. The van der Waals surface area contributed by atoms with Gasteiger partial charge in [-0.3, -0.25) is 9.59 Å². The van der Waals surface area contributed by atoms with Crippen molar-refractivity contribution in [2.45, 2.75) is 230 Å². The minimum absolute atomic E-state index is 0.00592. The lowest BCUT2D eigenvalue weighted by Crippen LogP contribution is -2.60. The van der Waals surface area contributed by atoms with E-state index in [1.807, 2.05) is 0 Å². The Morgan fingerprint density at radius 3 is 1.59 bits per heavy atom. The Labute approximate surface area is 309 Å². The second-order valence-electron chi connectivity index (χ2n) is 14.9. The average Bonchev–Trinajstić information content (AvgIpc) is 3.12. The van der Waals surface area contributed by atoms with E-state index in [1.54, 1.807) is 0 Å². The lowest BCUT2D eigenvalue weighted by atomic mass is 9.98. The van der Waals surface area contributed by atoms with Gasteiger partial charge in [-0.15, -0.1) is 0 Å². The summed E-state index contributed by atoms with van der Waals surface area (Å²) in [5, 5.41) is 64.7. The number of amides is 1. The first kappa shape index (κ1) is 47.8. The number of nitrogens with one attached hydrogen (secondary N) is 1. The lowest BCUT2D eigenvalue weighted by Gasteiger charge is -2.40. The van der Waals surface area contributed by atoms with Crippen molar-refractivity contribution >= 4 is 11.7 Å². The number of aliphatic hydroxyl groups is 6. The number of rotatable bonds is 34. The van der Waals surface area contributed by atoms with Crippen LogP contribution in [0.4, 0.5) is 0 Å². The van der Waals surface area contributed by atoms with Crippen molar-refractivity contribution < 1.29 is 49.7 Å². The van der Waals surface area contributed by atoms with Gasteiger partial charge in [0.1, 0.15) is 36.3 Å². The molecule has 1 rings (SSSR count). The molecule has 8 atom stereocenters. The zero-order chi connectivity index (χ0) is 37.7. The van der Waals surface area contributed by atoms with Gasteiger partial charge in [0.2, 0.25) is 5.91 Å². The molecule has 1 heterocycles. The van der Waals surface area contributed by atoms with E-state index in [-0.39, 0.29) is 18.6 Å². The van der Waals surface area contributed by atoms with E-state index in [2.05, 4.69) is 19.2 Å². The molecule has 51 heavy (non-hydrogen) atoms. The number of carbonyl (C=O) groups excluding carboxylic acids is 2. The quantitative estimate of drug-likeness (QED) is 0.0402. The predicted molar refractivity (Wildman–Crippen MR) is 200 cm³/mol.